The number of aliphatic hydroxyl groups is 1. The number of carbonyl (C=O) groups is 3. The van der Waals surface area contributed by atoms with Gasteiger partial charge in [-0.2, -0.15) is 0 Å². The van der Waals surface area contributed by atoms with Crippen LogP contribution < -0.4 is 0 Å². The van der Waals surface area contributed by atoms with E-state index in [0.29, 0.717) is 31.1 Å². The van der Waals surface area contributed by atoms with E-state index in [9.17, 15) is 19.5 Å². The van der Waals surface area contributed by atoms with Gasteiger partial charge in [0.15, 0.2) is 17.2 Å². The third kappa shape index (κ3) is 2.21. The number of carbonyl (C=O) groups excluding carboxylic acids is 3. The van der Waals surface area contributed by atoms with Crippen LogP contribution in [0, 0.1) is 22.7 Å². The van der Waals surface area contributed by atoms with Crippen molar-refractivity contribution in [2.45, 2.75) is 57.7 Å². The van der Waals surface area contributed by atoms with Gasteiger partial charge in [0.2, 0.25) is 0 Å². The van der Waals surface area contributed by atoms with Gasteiger partial charge in [0, 0.05) is 16.7 Å². The largest absolute Gasteiger partial charge is 0.390 e. The van der Waals surface area contributed by atoms with Crippen LogP contribution >= 0.6 is 0 Å². The first-order chi connectivity index (χ1) is 12.7. The van der Waals surface area contributed by atoms with Gasteiger partial charge in [0.05, 0.1) is 12.5 Å². The lowest BCUT2D eigenvalue weighted by Crippen LogP contribution is -2.66. The highest BCUT2D eigenvalue weighted by Crippen LogP contribution is 2.67. The molecule has 4 rings (SSSR count). The summed E-state index contributed by atoms with van der Waals surface area (Å²) in [6.45, 7) is 3.70. The lowest BCUT2D eigenvalue weighted by Gasteiger charge is -2.61. The highest BCUT2D eigenvalue weighted by atomic mass is 19.1. The molecule has 0 heterocycles. The highest BCUT2D eigenvalue weighted by Gasteiger charge is 2.69. The molecule has 1 unspecified atom stereocenters. The van der Waals surface area contributed by atoms with Crippen molar-refractivity contribution in [3.05, 3.63) is 35.5 Å². The van der Waals surface area contributed by atoms with Crippen molar-refractivity contribution >= 4 is 17.9 Å². The molecule has 0 radical (unpaired) electrons. The van der Waals surface area contributed by atoms with Crippen molar-refractivity contribution in [1.29, 1.82) is 0 Å². The van der Waals surface area contributed by atoms with Gasteiger partial charge >= 0.3 is 0 Å². The third-order valence-electron chi connectivity index (χ3n) is 7.79. The predicted molar refractivity (Wildman–Crippen MR) is 97.5 cm³/mol. The van der Waals surface area contributed by atoms with E-state index in [0.717, 1.165) is 5.57 Å². The summed E-state index contributed by atoms with van der Waals surface area (Å²) in [6.07, 6.45) is 7.45. The quantitative estimate of drug-likeness (QED) is 0.611. The number of fused-ring (bicyclic) bond motifs is 5. The Bertz CT molecular complexity index is 824. The molecule has 0 amide bonds. The minimum Gasteiger partial charge on any atom is -0.390 e. The second-order valence-electron chi connectivity index (χ2n) is 8.91. The lowest BCUT2D eigenvalue weighted by atomic mass is 9.45. The van der Waals surface area contributed by atoms with E-state index in [1.165, 1.54) is 12.2 Å². The number of Topliss-reactive ketones (excluding diaryl/α,β-unsaturated/α-hetero) is 1. The Morgan fingerprint density at radius 1 is 1.37 bits per heavy atom. The number of rotatable bonds is 3. The van der Waals surface area contributed by atoms with Gasteiger partial charge in [0.1, 0.15) is 6.29 Å². The molecular formula is C22H25FO4. The third-order valence-corrected chi connectivity index (χ3v) is 7.79. The smallest absolute Gasteiger partial charge is 0.178 e. The van der Waals surface area contributed by atoms with Gasteiger partial charge in [-0.25, -0.2) is 4.39 Å². The number of alkyl halides is 1. The van der Waals surface area contributed by atoms with Crippen molar-refractivity contribution in [2.75, 3.05) is 0 Å². The first kappa shape index (κ1) is 18.5. The van der Waals surface area contributed by atoms with Gasteiger partial charge in [-0.3, -0.25) is 9.59 Å². The Labute approximate surface area is 158 Å². The number of ketones is 2. The molecule has 144 valence electrons. The van der Waals surface area contributed by atoms with Crippen molar-refractivity contribution in [1.82, 2.24) is 0 Å². The number of hydrogen-bond donors (Lipinski definition) is 1. The Balaban J connectivity index is 1.76. The van der Waals surface area contributed by atoms with Crippen molar-refractivity contribution in [3.8, 4) is 0 Å². The van der Waals surface area contributed by atoms with Crippen molar-refractivity contribution in [3.63, 3.8) is 0 Å². The molecule has 0 aliphatic heterocycles. The van der Waals surface area contributed by atoms with Gasteiger partial charge in [-0.05, 0) is 56.3 Å². The topological polar surface area (TPSA) is 71.4 Å². The molecule has 4 aliphatic rings. The summed E-state index contributed by atoms with van der Waals surface area (Å²) in [7, 11) is 0. The molecule has 0 bridgehead atoms. The second-order valence-corrected chi connectivity index (χ2v) is 8.91. The van der Waals surface area contributed by atoms with Crippen LogP contribution in [-0.4, -0.2) is 34.7 Å². The normalized spacial score (nSPS) is 45.3. The van der Waals surface area contributed by atoms with Crippen LogP contribution in [0.25, 0.3) is 0 Å². The van der Waals surface area contributed by atoms with E-state index in [-0.39, 0.29) is 30.3 Å². The van der Waals surface area contributed by atoms with Crippen LogP contribution in [0.1, 0.15) is 46.0 Å². The molecule has 6 atom stereocenters. The maximum atomic E-state index is 16.7. The summed E-state index contributed by atoms with van der Waals surface area (Å²) < 4.78 is 16.7. The van der Waals surface area contributed by atoms with Crippen LogP contribution in [0.2, 0.25) is 0 Å². The van der Waals surface area contributed by atoms with Crippen molar-refractivity contribution in [2.24, 2.45) is 22.7 Å². The molecule has 0 aromatic rings. The van der Waals surface area contributed by atoms with Crippen LogP contribution in [0.3, 0.4) is 0 Å². The summed E-state index contributed by atoms with van der Waals surface area (Å²) in [6, 6.07) is 0. The average Bonchev–Trinajstić information content (AvgIpc) is 2.94. The zero-order valence-corrected chi connectivity index (χ0v) is 15.7. The average molecular weight is 372 g/mol. The van der Waals surface area contributed by atoms with Gasteiger partial charge in [-0.1, -0.05) is 24.6 Å². The maximum Gasteiger partial charge on any atom is 0.178 e. The van der Waals surface area contributed by atoms with E-state index in [1.807, 2.05) is 13.0 Å². The van der Waals surface area contributed by atoms with Gasteiger partial charge in [0.25, 0.3) is 0 Å². The van der Waals surface area contributed by atoms with E-state index < -0.39 is 28.5 Å². The molecule has 0 saturated heterocycles. The Kier molecular flexibility index (Phi) is 3.97. The lowest BCUT2D eigenvalue weighted by molar-refractivity contribution is -0.185. The van der Waals surface area contributed by atoms with Gasteiger partial charge < -0.3 is 9.90 Å². The molecule has 0 spiro atoms. The monoisotopic (exact) mass is 372 g/mol. The maximum absolute atomic E-state index is 16.7. The molecule has 27 heavy (non-hydrogen) atoms. The molecule has 2 fully saturated rings. The minimum atomic E-state index is -1.88. The number of allylic oxidation sites excluding steroid dienone is 6. The molecular weight excluding hydrogens is 347 g/mol. The SMILES string of the molecule is C[C@]12C=CC(=O)C=C1CC[C@H]1[C@@H]3CC=C(C(=O)CC=O)[C@@]3(C)C[C@H](O)C12F. The molecule has 5 heteroatoms. The van der Waals surface area contributed by atoms with Crippen LogP contribution in [0.5, 0.6) is 0 Å². The summed E-state index contributed by atoms with van der Waals surface area (Å²) in [4.78, 5) is 35.1. The van der Waals surface area contributed by atoms with E-state index >= 15 is 4.39 Å². The fourth-order valence-corrected chi connectivity index (χ4v) is 6.40. The Hall–Kier alpha value is -1.88. The predicted octanol–water partition coefficient (Wildman–Crippen LogP) is 3.05. The van der Waals surface area contributed by atoms with Gasteiger partial charge in [-0.15, -0.1) is 0 Å². The molecule has 1 N–H and O–H groups in total. The minimum absolute atomic E-state index is 0.0964. The zero-order chi connectivity index (χ0) is 19.6. The van der Waals surface area contributed by atoms with E-state index in [2.05, 4.69) is 0 Å². The Morgan fingerprint density at radius 3 is 2.81 bits per heavy atom. The fourth-order valence-electron chi connectivity index (χ4n) is 6.40. The number of aliphatic hydroxyl groups excluding tert-OH is 1. The van der Waals surface area contributed by atoms with Crippen LogP contribution in [0.4, 0.5) is 4.39 Å². The highest BCUT2D eigenvalue weighted by molar-refractivity contribution is 6.03. The first-order valence-corrected chi connectivity index (χ1v) is 9.67. The summed E-state index contributed by atoms with van der Waals surface area (Å²) in [5.41, 5.74) is -2.19. The van der Waals surface area contributed by atoms with E-state index in [4.69, 9.17) is 0 Å². The standard InChI is InChI=1S/C22H25FO4/c1-20-12-19(27)22(23)16(15(20)5-6-17(20)18(26)8-10-24)4-3-13-11-14(25)7-9-21(13,22)2/h6-7,9-11,15-16,19,27H,3-5,8,12H2,1-2H3/t15-,16-,19-,20-,21-,22?/m0/s1. The fraction of sp³-hybridized carbons (Fsp3) is 0.591. The van der Waals surface area contributed by atoms with Crippen LogP contribution in [-0.2, 0) is 14.4 Å². The molecule has 2 saturated carbocycles. The molecule has 0 aromatic heterocycles. The molecule has 0 aromatic carbocycles. The summed E-state index contributed by atoms with van der Waals surface area (Å²) in [5.74, 6) is -0.867. The zero-order valence-electron chi connectivity index (χ0n) is 15.7. The summed E-state index contributed by atoms with van der Waals surface area (Å²) >= 11 is 0. The number of aldehydes is 1. The second kappa shape index (κ2) is 5.81. The number of hydrogen-bond acceptors (Lipinski definition) is 4. The molecule has 4 nitrogen and oxygen atoms in total. The van der Waals surface area contributed by atoms with Crippen LogP contribution in [0.15, 0.2) is 35.5 Å². The molecule has 4 aliphatic carbocycles. The Morgan fingerprint density at radius 2 is 2.11 bits per heavy atom. The van der Waals surface area contributed by atoms with Crippen molar-refractivity contribution < 1.29 is 23.9 Å². The van der Waals surface area contributed by atoms with E-state index in [1.54, 1.807) is 13.0 Å². The number of halogens is 1. The summed E-state index contributed by atoms with van der Waals surface area (Å²) in [5, 5.41) is 11.0. The first-order valence-electron chi connectivity index (χ1n) is 9.67.